The summed E-state index contributed by atoms with van der Waals surface area (Å²) < 4.78 is 17.2. The van der Waals surface area contributed by atoms with Crippen LogP contribution in [-0.4, -0.2) is 70.2 Å². The molecule has 168 valence electrons. The molecule has 1 fully saturated rings. The van der Waals surface area contributed by atoms with Gasteiger partial charge in [0.15, 0.2) is 0 Å². The summed E-state index contributed by atoms with van der Waals surface area (Å²) in [6.07, 6.45) is 2.03. The fourth-order valence-electron chi connectivity index (χ4n) is 4.28. The fraction of sp³-hybridized carbons (Fsp3) is 0.480. The van der Waals surface area contributed by atoms with E-state index >= 15 is 0 Å². The Kier molecular flexibility index (Phi) is 8.21. The molecule has 0 N–H and O–H groups in total. The Balaban J connectivity index is 1.68. The summed E-state index contributed by atoms with van der Waals surface area (Å²) in [5.41, 5.74) is -1.31. The van der Waals surface area contributed by atoms with Crippen molar-refractivity contribution >= 4 is 5.97 Å². The van der Waals surface area contributed by atoms with Crippen LogP contribution in [0.5, 0.6) is 0 Å². The highest BCUT2D eigenvalue weighted by Crippen LogP contribution is 2.30. The molecule has 1 heterocycles. The van der Waals surface area contributed by atoms with Crippen molar-refractivity contribution in [3.8, 4) is 0 Å². The first-order valence-electron chi connectivity index (χ1n) is 10.9. The van der Waals surface area contributed by atoms with Gasteiger partial charge in [0.1, 0.15) is 19.2 Å². The van der Waals surface area contributed by atoms with Crippen molar-refractivity contribution in [3.63, 3.8) is 0 Å². The number of likely N-dealkylation sites (N-methyl/N-ethyl adjacent to an activating group) is 1. The van der Waals surface area contributed by atoms with Crippen LogP contribution in [0.15, 0.2) is 60.7 Å². The molecule has 0 amide bonds. The third-order valence-corrected chi connectivity index (χ3v) is 6.32. The number of nitrogens with zero attached hydrogens (tertiary/aromatic N) is 1. The van der Waals surface area contributed by atoms with Crippen LogP contribution in [0, 0.1) is 0 Å². The largest absolute Gasteiger partial charge is 0.834 e. The molecule has 1 aliphatic heterocycles. The van der Waals surface area contributed by atoms with Gasteiger partial charge in [0.25, 0.3) is 0 Å². The first kappa shape index (κ1) is 23.4. The summed E-state index contributed by atoms with van der Waals surface area (Å²) in [5.74, 6) is -0.750. The van der Waals surface area contributed by atoms with Gasteiger partial charge in [-0.15, -0.1) is 0 Å². The summed E-state index contributed by atoms with van der Waals surface area (Å²) in [6.45, 7) is 3.86. The standard InChI is InChI=1S/C25H33NO5/c1-26(16-17-30-19-18-29-2)15-9-14-23(26)20-31-24(27)25(28,21-10-5-3-6-11-21)22-12-7-4-8-13-22/h3-8,10-13,23H,9,14-20H2,1-2H3/t23-,26?/m0/s1. The minimum atomic E-state index is -2.09. The molecule has 1 saturated heterocycles. The highest BCUT2D eigenvalue weighted by atomic mass is 16.6. The first-order chi connectivity index (χ1) is 15.0. The van der Waals surface area contributed by atoms with E-state index in [9.17, 15) is 9.90 Å². The second-order valence-corrected chi connectivity index (χ2v) is 8.34. The Morgan fingerprint density at radius 3 is 2.23 bits per heavy atom. The normalized spacial score (nSPS) is 21.2. The van der Waals surface area contributed by atoms with Crippen molar-refractivity contribution in [2.24, 2.45) is 0 Å². The monoisotopic (exact) mass is 427 g/mol. The summed E-state index contributed by atoms with van der Waals surface area (Å²) in [6, 6.07) is 17.7. The van der Waals surface area contributed by atoms with E-state index in [0.29, 0.717) is 30.9 Å². The zero-order chi connectivity index (χ0) is 22.2. The molecule has 0 aromatic heterocycles. The number of quaternary nitrogens is 1. The smallest absolute Gasteiger partial charge is 0.304 e. The molecule has 1 aliphatic rings. The average Bonchev–Trinajstić information content (AvgIpc) is 3.18. The maximum atomic E-state index is 13.9. The number of ether oxygens (including phenoxy) is 3. The van der Waals surface area contributed by atoms with E-state index < -0.39 is 11.6 Å². The lowest BCUT2D eigenvalue weighted by atomic mass is 9.86. The molecule has 6 nitrogen and oxygen atoms in total. The molecule has 3 rings (SSSR count). The maximum absolute atomic E-state index is 13.9. The Hall–Kier alpha value is -2.25. The van der Waals surface area contributed by atoms with Crippen LogP contribution in [0.4, 0.5) is 0 Å². The third-order valence-electron chi connectivity index (χ3n) is 6.32. The number of likely N-dealkylation sites (tertiary alicyclic amines) is 1. The van der Waals surface area contributed by atoms with E-state index in [1.807, 2.05) is 12.1 Å². The predicted molar refractivity (Wildman–Crippen MR) is 116 cm³/mol. The van der Waals surface area contributed by atoms with Crippen LogP contribution in [0.3, 0.4) is 0 Å². The number of carbonyl (C=O) groups excluding carboxylic acids is 1. The number of benzene rings is 2. The molecular weight excluding hydrogens is 394 g/mol. The minimum absolute atomic E-state index is 0.158. The molecule has 31 heavy (non-hydrogen) atoms. The van der Waals surface area contributed by atoms with Crippen LogP contribution < -0.4 is 5.11 Å². The molecule has 0 spiro atoms. The molecule has 2 aromatic rings. The number of hydrogen-bond acceptors (Lipinski definition) is 5. The minimum Gasteiger partial charge on any atom is -0.834 e. The lowest BCUT2D eigenvalue weighted by molar-refractivity contribution is -0.921. The Morgan fingerprint density at radius 2 is 1.65 bits per heavy atom. The lowest BCUT2D eigenvalue weighted by Gasteiger charge is -2.40. The van der Waals surface area contributed by atoms with Crippen LogP contribution in [-0.2, 0) is 24.6 Å². The third kappa shape index (κ3) is 5.52. The van der Waals surface area contributed by atoms with Gasteiger partial charge in [-0.3, -0.25) is 4.79 Å². The molecule has 1 unspecified atom stereocenters. The second kappa shape index (κ2) is 10.9. The highest BCUT2D eigenvalue weighted by Gasteiger charge is 2.40. The number of rotatable bonds is 11. The van der Waals surface area contributed by atoms with Crippen molar-refractivity contribution in [1.82, 2.24) is 0 Å². The Labute approximate surface area is 184 Å². The lowest BCUT2D eigenvalue weighted by Crippen LogP contribution is -2.54. The van der Waals surface area contributed by atoms with E-state index in [0.717, 1.165) is 30.4 Å². The summed E-state index contributed by atoms with van der Waals surface area (Å²) in [7, 11) is 3.83. The van der Waals surface area contributed by atoms with Gasteiger partial charge in [-0.2, -0.15) is 0 Å². The summed E-state index contributed by atoms with van der Waals surface area (Å²) >= 11 is 0. The second-order valence-electron chi connectivity index (χ2n) is 8.34. The zero-order valence-corrected chi connectivity index (χ0v) is 18.5. The summed E-state index contributed by atoms with van der Waals surface area (Å²) in [5, 5.41) is 13.9. The molecule has 6 heteroatoms. The van der Waals surface area contributed by atoms with Crippen molar-refractivity contribution in [3.05, 3.63) is 71.8 Å². The molecule has 0 radical (unpaired) electrons. The average molecular weight is 428 g/mol. The molecule has 0 bridgehead atoms. The maximum Gasteiger partial charge on any atom is 0.304 e. The SMILES string of the molecule is COCCOCC[N+]1(C)CCC[C@H]1COC(=O)C([O-])(c1ccccc1)c1ccccc1. The van der Waals surface area contributed by atoms with Crippen LogP contribution in [0.2, 0.25) is 0 Å². The van der Waals surface area contributed by atoms with Crippen LogP contribution in [0.25, 0.3) is 0 Å². The number of hydrogen-bond donors (Lipinski definition) is 0. The van der Waals surface area contributed by atoms with Crippen molar-refractivity contribution in [2.45, 2.75) is 24.5 Å². The van der Waals surface area contributed by atoms with E-state index in [1.54, 1.807) is 55.6 Å². The van der Waals surface area contributed by atoms with Gasteiger partial charge < -0.3 is 23.8 Å². The van der Waals surface area contributed by atoms with Crippen molar-refractivity contribution in [1.29, 1.82) is 0 Å². The fourth-order valence-corrected chi connectivity index (χ4v) is 4.28. The molecular formula is C25H33NO5. The van der Waals surface area contributed by atoms with Gasteiger partial charge in [0, 0.05) is 25.6 Å². The van der Waals surface area contributed by atoms with E-state index in [-0.39, 0.29) is 12.6 Å². The van der Waals surface area contributed by atoms with Gasteiger partial charge in [0.2, 0.25) is 0 Å². The van der Waals surface area contributed by atoms with E-state index in [2.05, 4.69) is 7.05 Å². The van der Waals surface area contributed by atoms with Gasteiger partial charge in [-0.1, -0.05) is 60.7 Å². The first-order valence-corrected chi connectivity index (χ1v) is 10.9. The predicted octanol–water partition coefficient (Wildman–Crippen LogP) is 2.11. The Bertz CT molecular complexity index is 774. The molecule has 0 saturated carbocycles. The molecule has 2 atom stereocenters. The number of carbonyl (C=O) groups is 1. The highest BCUT2D eigenvalue weighted by molar-refractivity contribution is 5.85. The van der Waals surface area contributed by atoms with Crippen molar-refractivity contribution < 1.29 is 28.6 Å². The Morgan fingerprint density at radius 1 is 1.03 bits per heavy atom. The molecule has 2 aromatic carbocycles. The number of methoxy groups -OCH3 is 1. The van der Waals surface area contributed by atoms with Gasteiger partial charge in [-0.25, -0.2) is 0 Å². The van der Waals surface area contributed by atoms with E-state index in [4.69, 9.17) is 14.2 Å². The topological polar surface area (TPSA) is 67.8 Å². The zero-order valence-electron chi connectivity index (χ0n) is 18.5. The van der Waals surface area contributed by atoms with Gasteiger partial charge in [-0.05, 0) is 11.1 Å². The number of esters is 1. The quantitative estimate of drug-likeness (QED) is 0.312. The van der Waals surface area contributed by atoms with Crippen LogP contribution >= 0.6 is 0 Å². The van der Waals surface area contributed by atoms with Gasteiger partial charge in [0.05, 0.1) is 33.4 Å². The summed E-state index contributed by atoms with van der Waals surface area (Å²) in [4.78, 5) is 13.2. The van der Waals surface area contributed by atoms with Crippen LogP contribution in [0.1, 0.15) is 24.0 Å². The van der Waals surface area contributed by atoms with E-state index in [1.165, 1.54) is 0 Å². The van der Waals surface area contributed by atoms with Crippen molar-refractivity contribution in [2.75, 3.05) is 53.7 Å². The van der Waals surface area contributed by atoms with Gasteiger partial charge >= 0.3 is 5.97 Å². The molecule has 0 aliphatic carbocycles.